The Morgan fingerprint density at radius 2 is 2.00 bits per heavy atom. The molecule has 2 aromatic rings. The van der Waals surface area contributed by atoms with Gasteiger partial charge in [-0.25, -0.2) is 13.8 Å². The zero-order chi connectivity index (χ0) is 20.4. The molecule has 1 spiro atoms. The summed E-state index contributed by atoms with van der Waals surface area (Å²) >= 11 is 1.35. The van der Waals surface area contributed by atoms with Crippen molar-refractivity contribution in [3.05, 3.63) is 23.5 Å². The molecule has 2 saturated heterocycles. The van der Waals surface area contributed by atoms with Crippen LogP contribution >= 0.6 is 11.5 Å². The van der Waals surface area contributed by atoms with E-state index in [-0.39, 0.29) is 12.0 Å². The molecule has 0 amide bonds. The highest BCUT2D eigenvalue weighted by molar-refractivity contribution is 7.10. The zero-order valence-corrected chi connectivity index (χ0v) is 17.1. The lowest BCUT2D eigenvalue weighted by atomic mass is 9.78. The van der Waals surface area contributed by atoms with Crippen LogP contribution in [0.2, 0.25) is 0 Å². The van der Waals surface area contributed by atoms with Crippen molar-refractivity contribution in [3.63, 3.8) is 0 Å². The van der Waals surface area contributed by atoms with Crippen LogP contribution in [0.5, 0.6) is 0 Å². The third-order valence-corrected chi connectivity index (χ3v) is 7.15. The average molecular weight is 417 g/mol. The summed E-state index contributed by atoms with van der Waals surface area (Å²) in [4.78, 5) is 13.2. The van der Waals surface area contributed by atoms with Gasteiger partial charge in [-0.3, -0.25) is 4.90 Å². The Hall–Kier alpha value is -2.38. The fraction of sp³-hybridized carbons (Fsp3) is 0.579. The molecule has 1 aliphatic carbocycles. The van der Waals surface area contributed by atoms with Crippen molar-refractivity contribution in [2.24, 2.45) is 5.41 Å². The Morgan fingerprint density at radius 1 is 1.28 bits per heavy atom. The van der Waals surface area contributed by atoms with Gasteiger partial charge in [-0.2, -0.15) is 14.6 Å². The normalized spacial score (nSPS) is 23.2. The van der Waals surface area contributed by atoms with Gasteiger partial charge in [-0.15, -0.1) is 0 Å². The van der Waals surface area contributed by atoms with Gasteiger partial charge in [0.1, 0.15) is 10.8 Å². The summed E-state index contributed by atoms with van der Waals surface area (Å²) in [7, 11) is 0. The van der Waals surface area contributed by atoms with Crippen LogP contribution in [0.25, 0.3) is 0 Å². The number of anilines is 3. The van der Waals surface area contributed by atoms with Crippen LogP contribution in [0.15, 0.2) is 12.3 Å². The molecule has 5 rings (SSSR count). The molecule has 0 radical (unpaired) electrons. The number of nitriles is 1. The lowest BCUT2D eigenvalue weighted by molar-refractivity contribution is -0.0882. The first kappa shape index (κ1) is 18.6. The first-order chi connectivity index (χ1) is 13.8. The minimum Gasteiger partial charge on any atom is -0.352 e. The van der Waals surface area contributed by atoms with E-state index in [1.54, 1.807) is 6.20 Å². The van der Waals surface area contributed by atoms with Gasteiger partial charge in [-0.05, 0) is 31.4 Å². The lowest BCUT2D eigenvalue weighted by Crippen LogP contribution is -2.75. The SMILES string of the molecule is Cc1cc(Nc2ncc(C)c(N3CC(CC#N)(N4CC5(C4)CC5(F)F)C3)n2)sn1. The van der Waals surface area contributed by atoms with E-state index in [1.165, 1.54) is 11.5 Å². The number of nitrogens with zero attached hydrogens (tertiary/aromatic N) is 6. The van der Waals surface area contributed by atoms with Gasteiger partial charge >= 0.3 is 0 Å². The molecular weight excluding hydrogens is 396 g/mol. The van der Waals surface area contributed by atoms with Crippen molar-refractivity contribution in [2.75, 3.05) is 36.4 Å². The predicted molar refractivity (Wildman–Crippen MR) is 106 cm³/mol. The molecule has 3 fully saturated rings. The molecule has 10 heteroatoms. The second kappa shape index (κ2) is 6.06. The molecule has 4 heterocycles. The summed E-state index contributed by atoms with van der Waals surface area (Å²) in [6.45, 7) is 5.86. The first-order valence-corrected chi connectivity index (χ1v) is 10.3. The van der Waals surface area contributed by atoms with Crippen LogP contribution < -0.4 is 10.2 Å². The molecule has 7 nitrogen and oxygen atoms in total. The number of nitrogens with one attached hydrogen (secondary N) is 1. The number of alkyl halides is 2. The molecule has 1 saturated carbocycles. The molecule has 152 valence electrons. The summed E-state index contributed by atoms with van der Waals surface area (Å²) in [5.41, 5.74) is 0.682. The van der Waals surface area contributed by atoms with Gasteiger partial charge in [0.25, 0.3) is 5.92 Å². The van der Waals surface area contributed by atoms with Crippen molar-refractivity contribution in [1.29, 1.82) is 5.26 Å². The minimum atomic E-state index is -2.53. The van der Waals surface area contributed by atoms with Crippen LogP contribution in [0.1, 0.15) is 24.1 Å². The molecule has 29 heavy (non-hydrogen) atoms. The zero-order valence-electron chi connectivity index (χ0n) is 16.2. The summed E-state index contributed by atoms with van der Waals surface area (Å²) in [5.74, 6) is -1.23. The second-order valence-electron chi connectivity index (χ2n) is 8.59. The van der Waals surface area contributed by atoms with E-state index in [1.807, 2.05) is 19.9 Å². The smallest absolute Gasteiger partial charge is 0.257 e. The molecule has 1 N–H and O–H groups in total. The number of aryl methyl sites for hydroxylation is 2. The number of likely N-dealkylation sites (tertiary alicyclic amines) is 1. The van der Waals surface area contributed by atoms with Crippen LogP contribution in [-0.2, 0) is 0 Å². The minimum absolute atomic E-state index is 0.0139. The van der Waals surface area contributed by atoms with Gasteiger partial charge in [0, 0.05) is 44.4 Å². The topological polar surface area (TPSA) is 81.0 Å². The predicted octanol–water partition coefficient (Wildman–Crippen LogP) is 3.11. The molecule has 3 aliphatic rings. The van der Waals surface area contributed by atoms with Crippen LogP contribution in [0.3, 0.4) is 0 Å². The van der Waals surface area contributed by atoms with Crippen molar-refractivity contribution >= 4 is 28.3 Å². The molecule has 0 atom stereocenters. The number of hydrogen-bond donors (Lipinski definition) is 1. The highest BCUT2D eigenvalue weighted by Crippen LogP contribution is 2.66. The molecule has 2 aliphatic heterocycles. The van der Waals surface area contributed by atoms with Gasteiger partial charge < -0.3 is 10.2 Å². The molecule has 0 unspecified atom stereocenters. The van der Waals surface area contributed by atoms with E-state index in [4.69, 9.17) is 0 Å². The third kappa shape index (κ3) is 2.87. The van der Waals surface area contributed by atoms with Gasteiger partial charge in [0.05, 0.1) is 29.1 Å². The van der Waals surface area contributed by atoms with Crippen molar-refractivity contribution < 1.29 is 8.78 Å². The molecular formula is C19H21F2N7S. The van der Waals surface area contributed by atoms with Crippen molar-refractivity contribution in [2.45, 2.75) is 38.2 Å². The monoisotopic (exact) mass is 417 g/mol. The Labute approximate surface area is 171 Å². The second-order valence-corrected chi connectivity index (χ2v) is 9.40. The van der Waals surface area contributed by atoms with Crippen LogP contribution in [-0.4, -0.2) is 56.9 Å². The summed E-state index contributed by atoms with van der Waals surface area (Å²) in [5, 5.41) is 13.4. The number of rotatable bonds is 5. The number of aromatic nitrogens is 3. The van der Waals surface area contributed by atoms with Crippen molar-refractivity contribution in [1.82, 2.24) is 19.2 Å². The maximum absolute atomic E-state index is 13.6. The number of hydrogen-bond acceptors (Lipinski definition) is 8. The maximum Gasteiger partial charge on any atom is 0.257 e. The van der Waals surface area contributed by atoms with Gasteiger partial charge in [-0.1, -0.05) is 0 Å². The van der Waals surface area contributed by atoms with Crippen molar-refractivity contribution in [3.8, 4) is 6.07 Å². The lowest BCUT2D eigenvalue weighted by Gasteiger charge is -2.60. The highest BCUT2D eigenvalue weighted by Gasteiger charge is 2.77. The fourth-order valence-corrected chi connectivity index (χ4v) is 5.13. The summed E-state index contributed by atoms with van der Waals surface area (Å²) < 4.78 is 31.4. The Balaban J connectivity index is 1.30. The van der Waals surface area contributed by atoms with Crippen LogP contribution in [0.4, 0.5) is 25.5 Å². The number of halogens is 2. The standard InChI is InChI=1S/C19H21F2N7S/c1-12-6-23-16(24-14-5-13(2)26-29-14)25-15(12)27-10-18(11-27,3-4-22)28-8-17(9-28)7-19(17,20)21/h5-6H,3,7-11H2,1-2H3,(H,23,24,25). The van der Waals surface area contributed by atoms with Gasteiger partial charge in [0.2, 0.25) is 5.95 Å². The van der Waals surface area contributed by atoms with E-state index in [2.05, 4.69) is 35.5 Å². The van der Waals surface area contributed by atoms with E-state index >= 15 is 0 Å². The average Bonchev–Trinajstić information content (AvgIpc) is 2.96. The fourth-order valence-electron chi connectivity index (χ4n) is 4.47. The highest BCUT2D eigenvalue weighted by atomic mass is 32.1. The third-order valence-electron chi connectivity index (χ3n) is 6.36. The van der Waals surface area contributed by atoms with E-state index in [0.717, 1.165) is 22.1 Å². The maximum atomic E-state index is 13.6. The summed E-state index contributed by atoms with van der Waals surface area (Å²) in [6, 6.07) is 4.19. The molecule has 2 aromatic heterocycles. The molecule has 0 bridgehead atoms. The van der Waals surface area contributed by atoms with E-state index in [9.17, 15) is 14.0 Å². The largest absolute Gasteiger partial charge is 0.352 e. The van der Waals surface area contributed by atoms with Crippen LogP contribution in [0, 0.1) is 30.6 Å². The quantitative estimate of drug-likeness (QED) is 0.801. The Morgan fingerprint density at radius 3 is 2.59 bits per heavy atom. The van der Waals surface area contributed by atoms with E-state index < -0.39 is 11.3 Å². The Bertz CT molecular complexity index is 1000. The molecule has 0 aromatic carbocycles. The Kier molecular flexibility index (Phi) is 3.89. The summed E-state index contributed by atoms with van der Waals surface area (Å²) in [6.07, 6.45) is 2.09. The van der Waals surface area contributed by atoms with Gasteiger partial charge in [0.15, 0.2) is 0 Å². The first-order valence-electron chi connectivity index (χ1n) is 9.55. The van der Waals surface area contributed by atoms with E-state index in [0.29, 0.717) is 38.5 Å².